The zero-order chi connectivity index (χ0) is 12.8. The van der Waals surface area contributed by atoms with Gasteiger partial charge in [0.2, 0.25) is 5.91 Å². The second-order valence-corrected chi connectivity index (χ2v) is 4.20. The summed E-state index contributed by atoms with van der Waals surface area (Å²) >= 11 is 0. The Kier molecular flexibility index (Phi) is 7.90. The summed E-state index contributed by atoms with van der Waals surface area (Å²) in [6.07, 6.45) is 1.06. The van der Waals surface area contributed by atoms with Crippen LogP contribution >= 0.6 is 12.4 Å². The molecule has 1 heterocycles. The maximum Gasteiger partial charge on any atom is 0.253 e. The zero-order valence-electron chi connectivity index (χ0n) is 10.8. The van der Waals surface area contributed by atoms with Crippen molar-refractivity contribution in [2.24, 2.45) is 11.7 Å². The van der Waals surface area contributed by atoms with Crippen molar-refractivity contribution in [2.45, 2.75) is 18.9 Å². The van der Waals surface area contributed by atoms with Crippen molar-refractivity contribution in [3.63, 3.8) is 0 Å². The molecule has 18 heavy (non-hydrogen) atoms. The van der Waals surface area contributed by atoms with Crippen molar-refractivity contribution >= 4 is 24.2 Å². The Morgan fingerprint density at radius 1 is 1.56 bits per heavy atom. The maximum atomic E-state index is 12.0. The highest BCUT2D eigenvalue weighted by Crippen LogP contribution is 2.17. The molecule has 2 unspecified atom stereocenters. The fourth-order valence-corrected chi connectivity index (χ4v) is 2.10. The van der Waals surface area contributed by atoms with E-state index < -0.39 is 6.10 Å². The second kappa shape index (κ2) is 8.29. The summed E-state index contributed by atoms with van der Waals surface area (Å²) in [6, 6.07) is 0. The van der Waals surface area contributed by atoms with Gasteiger partial charge < -0.3 is 20.7 Å². The van der Waals surface area contributed by atoms with Crippen molar-refractivity contribution < 1.29 is 14.3 Å². The SMILES string of the molecule is CNC(=O)C1CCCN(C(=O)C(CN)OC)C1.Cl. The van der Waals surface area contributed by atoms with E-state index in [1.54, 1.807) is 11.9 Å². The number of amides is 2. The number of ether oxygens (including phenoxy) is 1. The lowest BCUT2D eigenvalue weighted by Crippen LogP contribution is -2.50. The first-order valence-electron chi connectivity index (χ1n) is 5.87. The monoisotopic (exact) mass is 279 g/mol. The van der Waals surface area contributed by atoms with Gasteiger partial charge >= 0.3 is 0 Å². The fourth-order valence-electron chi connectivity index (χ4n) is 2.10. The van der Waals surface area contributed by atoms with Crippen LogP contribution in [0.2, 0.25) is 0 Å². The summed E-state index contributed by atoms with van der Waals surface area (Å²) in [7, 11) is 3.08. The number of likely N-dealkylation sites (tertiary alicyclic amines) is 1. The van der Waals surface area contributed by atoms with Gasteiger partial charge in [-0.25, -0.2) is 0 Å². The van der Waals surface area contributed by atoms with Gasteiger partial charge in [0, 0.05) is 33.8 Å². The minimum Gasteiger partial charge on any atom is -0.370 e. The molecule has 106 valence electrons. The number of carbonyl (C=O) groups is 2. The van der Waals surface area contributed by atoms with Gasteiger partial charge in [0.15, 0.2) is 0 Å². The quantitative estimate of drug-likeness (QED) is 0.717. The van der Waals surface area contributed by atoms with E-state index >= 15 is 0 Å². The smallest absolute Gasteiger partial charge is 0.253 e. The lowest BCUT2D eigenvalue weighted by molar-refractivity contribution is -0.144. The van der Waals surface area contributed by atoms with Crippen LogP contribution in [0.1, 0.15) is 12.8 Å². The molecule has 2 amide bonds. The van der Waals surface area contributed by atoms with Gasteiger partial charge in [-0.2, -0.15) is 0 Å². The van der Waals surface area contributed by atoms with E-state index in [1.165, 1.54) is 7.11 Å². The Morgan fingerprint density at radius 3 is 2.72 bits per heavy atom. The largest absolute Gasteiger partial charge is 0.370 e. The molecule has 1 saturated heterocycles. The van der Waals surface area contributed by atoms with E-state index in [2.05, 4.69) is 5.32 Å². The van der Waals surface area contributed by atoms with E-state index in [9.17, 15) is 9.59 Å². The van der Waals surface area contributed by atoms with Crippen LogP contribution in [-0.2, 0) is 14.3 Å². The first-order chi connectivity index (χ1) is 8.13. The first kappa shape index (κ1) is 17.2. The molecule has 1 fully saturated rings. The predicted octanol–water partition coefficient (Wildman–Crippen LogP) is -0.633. The van der Waals surface area contributed by atoms with Crippen LogP contribution in [0.3, 0.4) is 0 Å². The lowest BCUT2D eigenvalue weighted by atomic mass is 9.97. The number of carbonyl (C=O) groups excluding carboxylic acids is 2. The van der Waals surface area contributed by atoms with Gasteiger partial charge in [-0.3, -0.25) is 9.59 Å². The molecule has 0 spiro atoms. The first-order valence-corrected chi connectivity index (χ1v) is 5.87. The molecule has 0 aliphatic carbocycles. The minimum absolute atomic E-state index is 0. The average Bonchev–Trinajstić information content (AvgIpc) is 2.39. The highest BCUT2D eigenvalue weighted by molar-refractivity contribution is 5.85. The number of hydrogen-bond donors (Lipinski definition) is 2. The molecular formula is C11H22ClN3O3. The minimum atomic E-state index is -0.599. The third-order valence-corrected chi connectivity index (χ3v) is 3.12. The third kappa shape index (κ3) is 4.12. The van der Waals surface area contributed by atoms with Gasteiger partial charge in [-0.05, 0) is 12.8 Å². The van der Waals surface area contributed by atoms with Gasteiger partial charge in [0.25, 0.3) is 5.91 Å². The Bertz CT molecular complexity index is 285. The molecule has 0 aromatic rings. The Hall–Kier alpha value is -0.850. The third-order valence-electron chi connectivity index (χ3n) is 3.12. The highest BCUT2D eigenvalue weighted by atomic mass is 35.5. The summed E-state index contributed by atoms with van der Waals surface area (Å²) in [5, 5.41) is 2.62. The number of hydrogen-bond acceptors (Lipinski definition) is 4. The van der Waals surface area contributed by atoms with Crippen LogP contribution in [-0.4, -0.2) is 56.6 Å². The lowest BCUT2D eigenvalue weighted by Gasteiger charge is -2.33. The number of piperidine rings is 1. The van der Waals surface area contributed by atoms with Crippen molar-refractivity contribution in [1.82, 2.24) is 10.2 Å². The van der Waals surface area contributed by atoms with Crippen molar-refractivity contribution in [2.75, 3.05) is 33.8 Å². The highest BCUT2D eigenvalue weighted by Gasteiger charge is 2.30. The number of nitrogens with one attached hydrogen (secondary N) is 1. The van der Waals surface area contributed by atoms with Gasteiger partial charge in [-0.15, -0.1) is 12.4 Å². The van der Waals surface area contributed by atoms with Gasteiger partial charge in [0.05, 0.1) is 5.92 Å². The molecule has 2 atom stereocenters. The molecule has 0 aromatic carbocycles. The Morgan fingerprint density at radius 2 is 2.22 bits per heavy atom. The van der Waals surface area contributed by atoms with Crippen molar-refractivity contribution in [3.8, 4) is 0 Å². The summed E-state index contributed by atoms with van der Waals surface area (Å²) in [6.45, 7) is 1.29. The van der Waals surface area contributed by atoms with Crippen LogP contribution in [0, 0.1) is 5.92 Å². The molecule has 6 nitrogen and oxygen atoms in total. The Labute approximate surface area is 114 Å². The second-order valence-electron chi connectivity index (χ2n) is 4.20. The van der Waals surface area contributed by atoms with Gasteiger partial charge in [0.1, 0.15) is 6.10 Å². The molecule has 0 aromatic heterocycles. The predicted molar refractivity (Wildman–Crippen MR) is 70.5 cm³/mol. The molecule has 7 heteroatoms. The number of nitrogens with two attached hydrogens (primary N) is 1. The molecular weight excluding hydrogens is 258 g/mol. The number of methoxy groups -OCH3 is 1. The van der Waals surface area contributed by atoms with E-state index in [1.807, 2.05) is 0 Å². The summed E-state index contributed by atoms with van der Waals surface area (Å²) in [5.41, 5.74) is 5.46. The number of rotatable bonds is 4. The van der Waals surface area contributed by atoms with E-state index in [-0.39, 0.29) is 36.7 Å². The molecule has 0 bridgehead atoms. The van der Waals surface area contributed by atoms with Crippen LogP contribution in [0.5, 0.6) is 0 Å². The van der Waals surface area contributed by atoms with Crippen LogP contribution in [0.15, 0.2) is 0 Å². The molecule has 0 radical (unpaired) electrons. The Balaban J connectivity index is 0.00000289. The average molecular weight is 280 g/mol. The molecule has 3 N–H and O–H groups in total. The fraction of sp³-hybridized carbons (Fsp3) is 0.818. The van der Waals surface area contributed by atoms with Crippen molar-refractivity contribution in [1.29, 1.82) is 0 Å². The van der Waals surface area contributed by atoms with Gasteiger partial charge in [-0.1, -0.05) is 0 Å². The topological polar surface area (TPSA) is 84.7 Å². The van der Waals surface area contributed by atoms with Crippen LogP contribution < -0.4 is 11.1 Å². The summed E-state index contributed by atoms with van der Waals surface area (Å²) in [4.78, 5) is 25.2. The van der Waals surface area contributed by atoms with E-state index in [0.717, 1.165) is 12.8 Å². The van der Waals surface area contributed by atoms with Crippen LogP contribution in [0.25, 0.3) is 0 Å². The van der Waals surface area contributed by atoms with Crippen molar-refractivity contribution in [3.05, 3.63) is 0 Å². The molecule has 1 rings (SSSR count). The van der Waals surface area contributed by atoms with E-state index in [4.69, 9.17) is 10.5 Å². The molecule has 1 aliphatic rings. The summed E-state index contributed by atoms with van der Waals surface area (Å²) < 4.78 is 5.02. The maximum absolute atomic E-state index is 12.0. The summed E-state index contributed by atoms with van der Waals surface area (Å²) in [5.74, 6) is -0.249. The number of nitrogens with zero attached hydrogens (tertiary/aromatic N) is 1. The molecule has 1 aliphatic heterocycles. The molecule has 0 saturated carbocycles. The normalized spacial score (nSPS) is 20.8. The zero-order valence-corrected chi connectivity index (χ0v) is 11.7. The van der Waals surface area contributed by atoms with E-state index in [0.29, 0.717) is 13.1 Å². The number of halogens is 1. The standard InChI is InChI=1S/C11H21N3O3.ClH/c1-13-10(15)8-4-3-5-14(7-8)11(16)9(6-12)17-2;/h8-9H,3-7,12H2,1-2H3,(H,13,15);1H. The van der Waals surface area contributed by atoms with Crippen LogP contribution in [0.4, 0.5) is 0 Å².